The normalized spacial score (nSPS) is 14.4. The summed E-state index contributed by atoms with van der Waals surface area (Å²) in [4.78, 5) is 31.1. The number of aromatic amines is 1. The molecule has 29 heavy (non-hydrogen) atoms. The van der Waals surface area contributed by atoms with E-state index in [1.54, 1.807) is 6.07 Å². The van der Waals surface area contributed by atoms with Gasteiger partial charge in [-0.25, -0.2) is 9.97 Å². The molecule has 2 aromatic carbocycles. The van der Waals surface area contributed by atoms with Crippen LogP contribution >= 0.6 is 0 Å². The molecule has 2 aromatic heterocycles. The van der Waals surface area contributed by atoms with Gasteiger partial charge in [0.2, 0.25) is 11.9 Å². The van der Waals surface area contributed by atoms with Crippen molar-refractivity contribution in [2.45, 2.75) is 26.2 Å². The van der Waals surface area contributed by atoms with E-state index in [1.165, 1.54) is 24.9 Å². The molecule has 0 saturated carbocycles. The van der Waals surface area contributed by atoms with Crippen LogP contribution in [0.3, 0.4) is 0 Å². The number of fused-ring (bicyclic) bond motifs is 2. The van der Waals surface area contributed by atoms with Gasteiger partial charge in [0.15, 0.2) is 0 Å². The lowest BCUT2D eigenvalue weighted by Crippen LogP contribution is -2.29. The lowest BCUT2D eigenvalue weighted by atomic mass is 10.1. The van der Waals surface area contributed by atoms with E-state index in [0.29, 0.717) is 17.3 Å². The molecule has 1 saturated heterocycles. The molecule has 0 radical (unpaired) electrons. The summed E-state index contributed by atoms with van der Waals surface area (Å²) in [5, 5.41) is 4.64. The van der Waals surface area contributed by atoms with Gasteiger partial charge in [-0.15, -0.1) is 0 Å². The van der Waals surface area contributed by atoms with Crippen LogP contribution < -0.4 is 15.8 Å². The minimum atomic E-state index is -0.287. The Labute approximate surface area is 167 Å². The number of nitrogens with one attached hydrogen (secondary N) is 2. The van der Waals surface area contributed by atoms with E-state index in [1.807, 2.05) is 31.2 Å². The number of aromatic nitrogens is 4. The van der Waals surface area contributed by atoms with Crippen molar-refractivity contribution in [1.82, 2.24) is 19.9 Å². The Morgan fingerprint density at radius 2 is 1.79 bits per heavy atom. The third-order valence-electron chi connectivity index (χ3n) is 5.45. The summed E-state index contributed by atoms with van der Waals surface area (Å²) in [6.07, 6.45) is 3.80. The molecule has 2 N–H and O–H groups in total. The second kappa shape index (κ2) is 7.16. The van der Waals surface area contributed by atoms with Crippen LogP contribution in [0.15, 0.2) is 47.3 Å². The number of nitrogens with zero attached hydrogens (tertiary/aromatic N) is 4. The van der Waals surface area contributed by atoms with Crippen LogP contribution in [0.4, 0.5) is 17.6 Å². The van der Waals surface area contributed by atoms with Gasteiger partial charge in [-0.2, -0.15) is 4.98 Å². The average molecular weight is 386 g/mol. The molecule has 0 atom stereocenters. The van der Waals surface area contributed by atoms with E-state index in [2.05, 4.69) is 42.3 Å². The fourth-order valence-corrected chi connectivity index (χ4v) is 3.94. The lowest BCUT2D eigenvalue weighted by molar-refractivity contribution is 0.578. The second-order valence-corrected chi connectivity index (χ2v) is 7.44. The van der Waals surface area contributed by atoms with E-state index in [9.17, 15) is 4.79 Å². The average Bonchev–Trinajstić information content (AvgIpc) is 2.74. The number of H-pyrrole nitrogens is 1. The predicted octanol–water partition coefficient (Wildman–Crippen LogP) is 3.91. The molecule has 0 spiro atoms. The molecular formula is C22H22N6O. The van der Waals surface area contributed by atoms with Crippen molar-refractivity contribution in [3.05, 3.63) is 58.5 Å². The molecule has 5 rings (SSSR count). The maximum atomic E-state index is 12.2. The molecule has 4 aromatic rings. The zero-order valence-corrected chi connectivity index (χ0v) is 16.3. The second-order valence-electron chi connectivity index (χ2n) is 7.44. The Hall–Kier alpha value is -3.48. The van der Waals surface area contributed by atoms with Crippen molar-refractivity contribution >= 4 is 39.4 Å². The smallest absolute Gasteiger partial charge is 0.282 e. The summed E-state index contributed by atoms with van der Waals surface area (Å²) in [5.74, 6) is 0.747. The van der Waals surface area contributed by atoms with Crippen molar-refractivity contribution in [3.63, 3.8) is 0 Å². The van der Waals surface area contributed by atoms with Crippen LogP contribution in [0, 0.1) is 6.92 Å². The van der Waals surface area contributed by atoms with Gasteiger partial charge < -0.3 is 9.88 Å². The fourth-order valence-electron chi connectivity index (χ4n) is 3.94. The van der Waals surface area contributed by atoms with Gasteiger partial charge >= 0.3 is 0 Å². The highest BCUT2D eigenvalue weighted by Crippen LogP contribution is 2.26. The van der Waals surface area contributed by atoms with Gasteiger partial charge in [-0.1, -0.05) is 12.1 Å². The SMILES string of the molecule is Cc1nc(Nc2nc(=O)c3ccccc3[nH]2)nc2ccc(N3CCCCC3)cc12. The van der Waals surface area contributed by atoms with Crippen molar-refractivity contribution in [2.24, 2.45) is 0 Å². The van der Waals surface area contributed by atoms with Crippen molar-refractivity contribution in [2.75, 3.05) is 23.3 Å². The van der Waals surface area contributed by atoms with E-state index in [-0.39, 0.29) is 5.56 Å². The van der Waals surface area contributed by atoms with Gasteiger partial charge in [-0.05, 0) is 56.5 Å². The summed E-state index contributed by atoms with van der Waals surface area (Å²) in [6.45, 7) is 4.18. The molecular weight excluding hydrogens is 364 g/mol. The number of hydrogen-bond donors (Lipinski definition) is 2. The topological polar surface area (TPSA) is 86.8 Å². The molecule has 7 heteroatoms. The van der Waals surface area contributed by atoms with Crippen LogP contribution in [0.25, 0.3) is 21.8 Å². The molecule has 0 unspecified atom stereocenters. The maximum Gasteiger partial charge on any atom is 0.282 e. The fraction of sp³-hybridized carbons (Fsp3) is 0.273. The molecule has 0 amide bonds. The van der Waals surface area contributed by atoms with Crippen molar-refractivity contribution in [1.29, 1.82) is 0 Å². The van der Waals surface area contributed by atoms with Crippen LogP contribution in [0.1, 0.15) is 25.0 Å². The van der Waals surface area contributed by atoms with Crippen LogP contribution in [0.5, 0.6) is 0 Å². The summed E-state index contributed by atoms with van der Waals surface area (Å²) >= 11 is 0. The van der Waals surface area contributed by atoms with Crippen LogP contribution in [-0.4, -0.2) is 33.0 Å². The standard InChI is InChI=1S/C22H22N6O/c1-14-17-13-15(28-11-5-2-6-12-28)9-10-19(17)25-21(23-14)27-22-24-18-8-4-3-7-16(18)20(29)26-22/h3-4,7-10,13H,2,5-6,11-12H2,1H3,(H2,23,24,25,26,27,29). The summed E-state index contributed by atoms with van der Waals surface area (Å²) < 4.78 is 0. The Morgan fingerprint density at radius 3 is 2.66 bits per heavy atom. The number of benzene rings is 2. The third-order valence-corrected chi connectivity index (χ3v) is 5.45. The monoisotopic (exact) mass is 386 g/mol. The minimum Gasteiger partial charge on any atom is -0.372 e. The first-order valence-corrected chi connectivity index (χ1v) is 9.97. The molecule has 146 valence electrons. The maximum absolute atomic E-state index is 12.2. The van der Waals surface area contributed by atoms with E-state index in [4.69, 9.17) is 0 Å². The molecule has 3 heterocycles. The number of para-hydroxylation sites is 1. The van der Waals surface area contributed by atoms with E-state index < -0.39 is 0 Å². The first kappa shape index (κ1) is 17.6. The largest absolute Gasteiger partial charge is 0.372 e. The summed E-state index contributed by atoms with van der Waals surface area (Å²) in [7, 11) is 0. The van der Waals surface area contributed by atoms with Gasteiger partial charge in [0.05, 0.1) is 22.1 Å². The number of anilines is 3. The van der Waals surface area contributed by atoms with Gasteiger partial charge in [-0.3, -0.25) is 10.1 Å². The highest BCUT2D eigenvalue weighted by Gasteiger charge is 2.13. The quantitative estimate of drug-likeness (QED) is 0.555. The Bertz CT molecular complexity index is 1260. The van der Waals surface area contributed by atoms with Crippen LogP contribution in [-0.2, 0) is 0 Å². The van der Waals surface area contributed by atoms with Crippen molar-refractivity contribution in [3.8, 4) is 0 Å². The van der Waals surface area contributed by atoms with Gasteiger partial charge in [0.25, 0.3) is 5.56 Å². The van der Waals surface area contributed by atoms with Gasteiger partial charge in [0, 0.05) is 24.2 Å². The van der Waals surface area contributed by atoms with Crippen LogP contribution in [0.2, 0.25) is 0 Å². The summed E-state index contributed by atoms with van der Waals surface area (Å²) in [6, 6.07) is 13.6. The number of hydrogen-bond acceptors (Lipinski definition) is 6. The Balaban J connectivity index is 1.49. The first-order valence-electron chi connectivity index (χ1n) is 9.97. The number of aryl methyl sites for hydroxylation is 1. The van der Waals surface area contributed by atoms with E-state index in [0.717, 1.165) is 35.2 Å². The Morgan fingerprint density at radius 1 is 0.966 bits per heavy atom. The molecule has 1 aliphatic rings. The molecule has 1 fully saturated rings. The third kappa shape index (κ3) is 3.40. The number of rotatable bonds is 3. The minimum absolute atomic E-state index is 0.287. The highest BCUT2D eigenvalue weighted by atomic mass is 16.1. The van der Waals surface area contributed by atoms with Crippen molar-refractivity contribution < 1.29 is 0 Å². The molecule has 1 aliphatic heterocycles. The predicted molar refractivity (Wildman–Crippen MR) is 116 cm³/mol. The Kier molecular flexibility index (Phi) is 4.35. The molecule has 0 bridgehead atoms. The number of piperidine rings is 1. The molecule has 7 nitrogen and oxygen atoms in total. The van der Waals surface area contributed by atoms with E-state index >= 15 is 0 Å². The summed E-state index contributed by atoms with van der Waals surface area (Å²) in [5.41, 5.74) is 3.41. The first-order chi connectivity index (χ1) is 14.2. The van der Waals surface area contributed by atoms with Gasteiger partial charge in [0.1, 0.15) is 0 Å². The highest BCUT2D eigenvalue weighted by molar-refractivity contribution is 5.86. The lowest BCUT2D eigenvalue weighted by Gasteiger charge is -2.29. The zero-order valence-electron chi connectivity index (χ0n) is 16.3. The zero-order chi connectivity index (χ0) is 19.8. The molecule has 0 aliphatic carbocycles.